The van der Waals surface area contributed by atoms with Crippen LogP contribution in [-0.4, -0.2) is 23.6 Å². The largest absolute Gasteiger partial charge is 0.399 e. The van der Waals surface area contributed by atoms with Gasteiger partial charge >= 0.3 is 0 Å². The second-order valence-electron chi connectivity index (χ2n) is 4.38. The lowest BCUT2D eigenvalue weighted by atomic mass is 10.1. The first-order chi connectivity index (χ1) is 8.61. The molecule has 0 fully saturated rings. The predicted octanol–water partition coefficient (Wildman–Crippen LogP) is 1.81. The van der Waals surface area contributed by atoms with E-state index in [4.69, 9.17) is 11.0 Å². The Morgan fingerprint density at radius 3 is 2.94 bits per heavy atom. The number of hydrogen-bond acceptors (Lipinski definition) is 5. The molecule has 0 amide bonds. The van der Waals surface area contributed by atoms with Crippen LogP contribution in [0.4, 0.5) is 11.5 Å². The van der Waals surface area contributed by atoms with Gasteiger partial charge in [-0.25, -0.2) is 9.97 Å². The van der Waals surface area contributed by atoms with Gasteiger partial charge in [-0.2, -0.15) is 5.26 Å². The molecule has 1 heterocycles. The summed E-state index contributed by atoms with van der Waals surface area (Å²) in [5, 5.41) is 9.80. The number of anilines is 2. The standard InChI is InChI=1S/C13H15N5/c1-9(6-14)7-18(2)13-11-4-3-10(15)5-12(11)16-8-17-13/h3-5,8-9H,7,15H2,1-2H3. The van der Waals surface area contributed by atoms with E-state index in [0.29, 0.717) is 12.2 Å². The minimum absolute atomic E-state index is 0.0474. The second kappa shape index (κ2) is 4.88. The quantitative estimate of drug-likeness (QED) is 0.829. The maximum Gasteiger partial charge on any atom is 0.139 e. The molecule has 0 saturated heterocycles. The zero-order chi connectivity index (χ0) is 13.1. The Kier molecular flexibility index (Phi) is 3.28. The number of nitrogens with two attached hydrogens (primary N) is 1. The molecule has 92 valence electrons. The SMILES string of the molecule is CC(C#N)CN(C)c1ncnc2cc(N)ccc12. The van der Waals surface area contributed by atoms with E-state index in [9.17, 15) is 0 Å². The molecule has 1 aromatic carbocycles. The average molecular weight is 241 g/mol. The van der Waals surface area contributed by atoms with Crippen molar-refractivity contribution in [3.63, 3.8) is 0 Å². The van der Waals surface area contributed by atoms with E-state index in [1.807, 2.05) is 37.1 Å². The van der Waals surface area contributed by atoms with Crippen LogP contribution in [0, 0.1) is 17.2 Å². The van der Waals surface area contributed by atoms with E-state index in [1.54, 1.807) is 0 Å². The molecule has 1 atom stereocenters. The predicted molar refractivity (Wildman–Crippen MR) is 72.0 cm³/mol. The number of nitrogens with zero attached hydrogens (tertiary/aromatic N) is 4. The van der Waals surface area contributed by atoms with Gasteiger partial charge in [0, 0.05) is 24.7 Å². The Morgan fingerprint density at radius 2 is 2.22 bits per heavy atom. The van der Waals surface area contributed by atoms with Crippen LogP contribution in [0.2, 0.25) is 0 Å². The van der Waals surface area contributed by atoms with E-state index in [2.05, 4.69) is 16.0 Å². The third-order valence-electron chi connectivity index (χ3n) is 2.77. The van der Waals surface area contributed by atoms with Gasteiger partial charge in [0.05, 0.1) is 17.5 Å². The summed E-state index contributed by atoms with van der Waals surface area (Å²) < 4.78 is 0. The maximum absolute atomic E-state index is 8.85. The minimum atomic E-state index is -0.0474. The van der Waals surface area contributed by atoms with Crippen molar-refractivity contribution in [3.05, 3.63) is 24.5 Å². The molecule has 5 nitrogen and oxygen atoms in total. The van der Waals surface area contributed by atoms with Gasteiger partial charge in [-0.1, -0.05) is 0 Å². The fourth-order valence-corrected chi connectivity index (χ4v) is 1.90. The van der Waals surface area contributed by atoms with Gasteiger partial charge in [0.1, 0.15) is 12.1 Å². The Balaban J connectivity index is 2.42. The van der Waals surface area contributed by atoms with E-state index < -0.39 is 0 Å². The van der Waals surface area contributed by atoms with Crippen LogP contribution in [-0.2, 0) is 0 Å². The number of benzene rings is 1. The topological polar surface area (TPSA) is 78.8 Å². The van der Waals surface area contributed by atoms with Crippen LogP contribution < -0.4 is 10.6 Å². The fourth-order valence-electron chi connectivity index (χ4n) is 1.90. The summed E-state index contributed by atoms with van der Waals surface area (Å²) in [7, 11) is 1.92. The molecule has 5 heteroatoms. The third-order valence-corrected chi connectivity index (χ3v) is 2.77. The highest BCUT2D eigenvalue weighted by Crippen LogP contribution is 2.24. The molecule has 0 radical (unpaired) electrons. The zero-order valence-corrected chi connectivity index (χ0v) is 10.5. The number of nitrogen functional groups attached to an aromatic ring is 1. The number of hydrogen-bond donors (Lipinski definition) is 1. The summed E-state index contributed by atoms with van der Waals surface area (Å²) in [5.74, 6) is 0.774. The number of aromatic nitrogens is 2. The van der Waals surface area contributed by atoms with Gasteiger partial charge in [-0.3, -0.25) is 0 Å². The van der Waals surface area contributed by atoms with E-state index >= 15 is 0 Å². The molecule has 0 aliphatic rings. The smallest absolute Gasteiger partial charge is 0.139 e. The molecule has 2 N–H and O–H groups in total. The molecular weight excluding hydrogens is 226 g/mol. The first kappa shape index (κ1) is 12.1. The summed E-state index contributed by atoms with van der Waals surface area (Å²) in [6, 6.07) is 7.78. The summed E-state index contributed by atoms with van der Waals surface area (Å²) >= 11 is 0. The van der Waals surface area contributed by atoms with Gasteiger partial charge in [0.2, 0.25) is 0 Å². The number of rotatable bonds is 3. The monoisotopic (exact) mass is 241 g/mol. The van der Waals surface area contributed by atoms with Crippen molar-refractivity contribution in [1.82, 2.24) is 9.97 Å². The van der Waals surface area contributed by atoms with Crippen LogP contribution >= 0.6 is 0 Å². The van der Waals surface area contributed by atoms with Gasteiger partial charge in [0.15, 0.2) is 0 Å². The van der Waals surface area contributed by atoms with Crippen molar-refractivity contribution in [2.75, 3.05) is 24.2 Å². The molecule has 0 bridgehead atoms. The van der Waals surface area contributed by atoms with Crippen LogP contribution in [0.5, 0.6) is 0 Å². The van der Waals surface area contributed by atoms with E-state index in [0.717, 1.165) is 16.7 Å². The van der Waals surface area contributed by atoms with Gasteiger partial charge in [0.25, 0.3) is 0 Å². The Labute approximate surface area is 106 Å². The summed E-state index contributed by atoms with van der Waals surface area (Å²) in [4.78, 5) is 10.5. The maximum atomic E-state index is 8.85. The molecule has 18 heavy (non-hydrogen) atoms. The highest BCUT2D eigenvalue weighted by molar-refractivity contribution is 5.91. The van der Waals surface area contributed by atoms with Crippen molar-refractivity contribution in [3.8, 4) is 6.07 Å². The van der Waals surface area contributed by atoms with Crippen LogP contribution in [0.15, 0.2) is 24.5 Å². The molecule has 0 aliphatic heterocycles. The summed E-state index contributed by atoms with van der Waals surface area (Å²) in [6.07, 6.45) is 1.52. The number of fused-ring (bicyclic) bond motifs is 1. The van der Waals surface area contributed by atoms with Crippen molar-refractivity contribution < 1.29 is 0 Å². The third kappa shape index (κ3) is 2.33. The molecular formula is C13H15N5. The van der Waals surface area contributed by atoms with Crippen LogP contribution in [0.25, 0.3) is 10.9 Å². The van der Waals surface area contributed by atoms with Crippen LogP contribution in [0.1, 0.15) is 6.92 Å². The average Bonchev–Trinajstić information content (AvgIpc) is 2.37. The number of nitriles is 1. The molecule has 2 aromatic rings. The van der Waals surface area contributed by atoms with Crippen molar-refractivity contribution in [2.24, 2.45) is 5.92 Å². The van der Waals surface area contributed by atoms with Crippen molar-refractivity contribution in [2.45, 2.75) is 6.92 Å². The lowest BCUT2D eigenvalue weighted by molar-refractivity contribution is 0.711. The Hall–Kier alpha value is -2.35. The normalized spacial score (nSPS) is 12.1. The van der Waals surface area contributed by atoms with Crippen molar-refractivity contribution in [1.29, 1.82) is 5.26 Å². The molecule has 1 aromatic heterocycles. The van der Waals surface area contributed by atoms with Crippen molar-refractivity contribution >= 4 is 22.4 Å². The first-order valence-corrected chi connectivity index (χ1v) is 5.73. The second-order valence-corrected chi connectivity index (χ2v) is 4.38. The summed E-state index contributed by atoms with van der Waals surface area (Å²) in [5.41, 5.74) is 7.23. The van der Waals surface area contributed by atoms with Gasteiger partial charge in [-0.15, -0.1) is 0 Å². The molecule has 1 unspecified atom stereocenters. The molecule has 0 saturated carbocycles. The highest BCUT2D eigenvalue weighted by atomic mass is 15.2. The minimum Gasteiger partial charge on any atom is -0.399 e. The van der Waals surface area contributed by atoms with E-state index in [1.165, 1.54) is 6.33 Å². The molecule has 0 spiro atoms. The Bertz CT molecular complexity index is 602. The van der Waals surface area contributed by atoms with E-state index in [-0.39, 0.29) is 5.92 Å². The highest BCUT2D eigenvalue weighted by Gasteiger charge is 2.11. The fraction of sp³-hybridized carbons (Fsp3) is 0.308. The lowest BCUT2D eigenvalue weighted by Gasteiger charge is -2.20. The zero-order valence-electron chi connectivity index (χ0n) is 10.5. The summed E-state index contributed by atoms with van der Waals surface area (Å²) in [6.45, 7) is 2.52. The Morgan fingerprint density at radius 1 is 1.44 bits per heavy atom. The van der Waals surface area contributed by atoms with Gasteiger partial charge < -0.3 is 10.6 Å². The first-order valence-electron chi connectivity index (χ1n) is 5.73. The molecule has 2 rings (SSSR count). The van der Waals surface area contributed by atoms with Crippen LogP contribution in [0.3, 0.4) is 0 Å². The van der Waals surface area contributed by atoms with Gasteiger partial charge in [-0.05, 0) is 25.1 Å². The lowest BCUT2D eigenvalue weighted by Crippen LogP contribution is -2.24. The molecule has 0 aliphatic carbocycles.